The lowest BCUT2D eigenvalue weighted by atomic mass is 10.0. The maximum Gasteiger partial charge on any atom is 0.399 e. The van der Waals surface area contributed by atoms with E-state index in [0.717, 1.165) is 6.07 Å². The van der Waals surface area contributed by atoms with E-state index in [1.807, 2.05) is 6.07 Å². The summed E-state index contributed by atoms with van der Waals surface area (Å²) in [7, 11) is -5.75. The van der Waals surface area contributed by atoms with E-state index in [2.05, 4.69) is 15.9 Å². The predicted molar refractivity (Wildman–Crippen MR) is 131 cm³/mol. The molecule has 1 fully saturated rings. The fourth-order valence-electron chi connectivity index (χ4n) is 4.03. The van der Waals surface area contributed by atoms with E-state index in [4.69, 9.17) is 9.79 Å². The smallest absolute Gasteiger partial charge is 0.399 e. The van der Waals surface area contributed by atoms with Crippen LogP contribution in [0.5, 0.6) is 0 Å². The van der Waals surface area contributed by atoms with Gasteiger partial charge < -0.3 is 19.8 Å². The first-order valence-corrected chi connectivity index (χ1v) is 13.0. The summed E-state index contributed by atoms with van der Waals surface area (Å²) in [4.78, 5) is 45.9. The zero-order valence-electron chi connectivity index (χ0n) is 18.5. The Morgan fingerprint density at radius 2 is 1.69 bits per heavy atom. The molecule has 0 spiro atoms. The summed E-state index contributed by atoms with van der Waals surface area (Å²) >= 11 is 2.98. The van der Waals surface area contributed by atoms with Crippen molar-refractivity contribution in [1.82, 2.24) is 4.90 Å². The fourth-order valence-corrected chi connectivity index (χ4v) is 5.36. The first-order chi connectivity index (χ1) is 16.9. The minimum Gasteiger partial charge on any atom is -0.478 e. The highest BCUT2D eigenvalue weighted by Crippen LogP contribution is 2.60. The number of hydrogen-bond acceptors (Lipinski definition) is 3. The summed E-state index contributed by atoms with van der Waals surface area (Å²) in [5.74, 6) is -1.08. The quantitative estimate of drug-likeness (QED) is 0.315. The number of carbonyl (C=O) groups is 2. The molecule has 0 bridgehead atoms. The molecule has 0 radical (unpaired) electrons. The van der Waals surface area contributed by atoms with E-state index in [1.165, 1.54) is 29.2 Å². The second-order valence-electron chi connectivity index (χ2n) is 8.20. The summed E-state index contributed by atoms with van der Waals surface area (Å²) in [5.41, 5.74) is -3.35. The molecule has 188 valence electrons. The first-order valence-electron chi connectivity index (χ1n) is 10.6. The number of alkyl halides is 2. The van der Waals surface area contributed by atoms with Gasteiger partial charge in [-0.1, -0.05) is 58.4 Å². The van der Waals surface area contributed by atoms with Crippen molar-refractivity contribution in [3.8, 4) is 0 Å². The second-order valence-corrected chi connectivity index (χ2v) is 10.7. The average molecular weight is 581 g/mol. The standard InChI is InChI=1S/C24H20BrF2N2O6P/c25-20-12-15(6-11-19(20)24(26,27)36(33,34)35)13-29-21(16-7-9-17(10-8-16)22(30)31)14-28(23(29)32)18-4-2-1-3-5-18/h1-12,21H,13-14H2,(H,30,31)(H2,33,34,35). The summed E-state index contributed by atoms with van der Waals surface area (Å²) < 4.78 is 39.5. The van der Waals surface area contributed by atoms with Crippen molar-refractivity contribution in [3.63, 3.8) is 0 Å². The molecule has 4 rings (SSSR count). The molecule has 3 aromatic rings. The number of carbonyl (C=O) groups excluding carboxylic acids is 1. The zero-order valence-corrected chi connectivity index (χ0v) is 20.9. The Bertz CT molecular complexity index is 1350. The molecule has 1 aliphatic heterocycles. The monoisotopic (exact) mass is 580 g/mol. The third kappa shape index (κ3) is 4.92. The van der Waals surface area contributed by atoms with Crippen molar-refractivity contribution < 1.29 is 37.8 Å². The van der Waals surface area contributed by atoms with Gasteiger partial charge in [0, 0.05) is 22.3 Å². The van der Waals surface area contributed by atoms with Crippen LogP contribution in [-0.2, 0) is 16.8 Å². The van der Waals surface area contributed by atoms with Gasteiger partial charge in [-0.05, 0) is 41.5 Å². The number of para-hydroxylation sites is 1. The number of nitrogens with zero attached hydrogens (tertiary/aromatic N) is 2. The summed E-state index contributed by atoms with van der Waals surface area (Å²) in [6, 6.07) is 17.8. The highest BCUT2D eigenvalue weighted by Gasteiger charge is 2.51. The number of urea groups is 1. The van der Waals surface area contributed by atoms with E-state index < -0.39 is 30.8 Å². The zero-order chi connectivity index (χ0) is 26.3. The topological polar surface area (TPSA) is 118 Å². The van der Waals surface area contributed by atoms with Crippen LogP contribution in [0.25, 0.3) is 0 Å². The van der Waals surface area contributed by atoms with Gasteiger partial charge in [-0.25, -0.2) is 9.59 Å². The molecule has 0 saturated carbocycles. The number of rotatable bonds is 7. The number of aromatic carboxylic acids is 1. The van der Waals surface area contributed by atoms with E-state index >= 15 is 0 Å². The maximum atomic E-state index is 14.2. The van der Waals surface area contributed by atoms with Crippen LogP contribution in [0.4, 0.5) is 19.3 Å². The van der Waals surface area contributed by atoms with Crippen LogP contribution in [0, 0.1) is 0 Å². The maximum absolute atomic E-state index is 14.2. The number of benzene rings is 3. The molecule has 3 aromatic carbocycles. The summed E-state index contributed by atoms with van der Waals surface area (Å²) in [5, 5.41) is 9.20. The Labute approximate surface area is 213 Å². The summed E-state index contributed by atoms with van der Waals surface area (Å²) in [6.45, 7) is 0.276. The van der Waals surface area contributed by atoms with Gasteiger partial charge >= 0.3 is 25.3 Å². The molecule has 0 aromatic heterocycles. The van der Waals surface area contributed by atoms with Crippen molar-refractivity contribution >= 4 is 41.2 Å². The van der Waals surface area contributed by atoms with Gasteiger partial charge in [-0.2, -0.15) is 8.78 Å². The largest absolute Gasteiger partial charge is 0.478 e. The summed E-state index contributed by atoms with van der Waals surface area (Å²) in [6.07, 6.45) is 0. The Morgan fingerprint density at radius 3 is 2.25 bits per heavy atom. The average Bonchev–Trinajstić information content (AvgIpc) is 3.15. The second kappa shape index (κ2) is 9.74. The molecule has 36 heavy (non-hydrogen) atoms. The van der Waals surface area contributed by atoms with Gasteiger partial charge in [0.2, 0.25) is 0 Å². The van der Waals surface area contributed by atoms with Crippen LogP contribution in [0.15, 0.2) is 77.3 Å². The number of anilines is 1. The molecule has 12 heteroatoms. The molecule has 1 unspecified atom stereocenters. The fraction of sp³-hybridized carbons (Fsp3) is 0.167. The Hall–Kier alpha value is -3.11. The molecule has 0 aliphatic carbocycles. The minimum absolute atomic E-state index is 0.00782. The molecule has 1 atom stereocenters. The number of halogens is 3. The molecule has 3 N–H and O–H groups in total. The highest BCUT2D eigenvalue weighted by atomic mass is 79.9. The van der Waals surface area contributed by atoms with E-state index in [1.54, 1.807) is 41.3 Å². The Balaban J connectivity index is 1.68. The number of carboxylic acids is 1. The number of amides is 2. The van der Waals surface area contributed by atoms with E-state index in [-0.39, 0.29) is 29.2 Å². The van der Waals surface area contributed by atoms with Crippen LogP contribution >= 0.6 is 23.5 Å². The number of carboxylic acid groups (broad SMARTS) is 1. The van der Waals surface area contributed by atoms with Gasteiger partial charge in [-0.3, -0.25) is 9.46 Å². The lowest BCUT2D eigenvalue weighted by molar-refractivity contribution is 0.0557. The van der Waals surface area contributed by atoms with Crippen LogP contribution in [-0.4, -0.2) is 38.3 Å². The predicted octanol–water partition coefficient (Wildman–Crippen LogP) is 5.56. The Morgan fingerprint density at radius 1 is 1.06 bits per heavy atom. The van der Waals surface area contributed by atoms with Crippen molar-refractivity contribution in [2.24, 2.45) is 0 Å². The molecule has 8 nitrogen and oxygen atoms in total. The first kappa shape index (κ1) is 26.0. The van der Waals surface area contributed by atoms with E-state index in [9.17, 15) is 28.0 Å². The van der Waals surface area contributed by atoms with Gasteiger partial charge in [-0.15, -0.1) is 0 Å². The van der Waals surface area contributed by atoms with Crippen molar-refractivity contribution in [3.05, 3.63) is 99.5 Å². The lowest BCUT2D eigenvalue weighted by Gasteiger charge is -2.25. The van der Waals surface area contributed by atoms with Crippen molar-refractivity contribution in [1.29, 1.82) is 0 Å². The molecule has 1 saturated heterocycles. The van der Waals surface area contributed by atoms with E-state index in [0.29, 0.717) is 16.8 Å². The van der Waals surface area contributed by atoms with Gasteiger partial charge in [0.25, 0.3) is 0 Å². The van der Waals surface area contributed by atoms with Crippen LogP contribution in [0.3, 0.4) is 0 Å². The lowest BCUT2D eigenvalue weighted by Crippen LogP contribution is -2.32. The molecular formula is C24H20BrF2N2O6P. The van der Waals surface area contributed by atoms with Crippen molar-refractivity contribution in [2.45, 2.75) is 18.3 Å². The van der Waals surface area contributed by atoms with Gasteiger partial charge in [0.15, 0.2) is 0 Å². The van der Waals surface area contributed by atoms with Crippen LogP contribution in [0.1, 0.15) is 33.1 Å². The molecule has 1 heterocycles. The third-order valence-corrected chi connectivity index (χ3v) is 7.52. The van der Waals surface area contributed by atoms with Crippen LogP contribution < -0.4 is 4.90 Å². The Kier molecular flexibility index (Phi) is 7.03. The van der Waals surface area contributed by atoms with Gasteiger partial charge in [0.05, 0.1) is 18.2 Å². The SMILES string of the molecule is O=C(O)c1ccc(C2CN(c3ccccc3)C(=O)N2Cc2ccc(C(F)(F)P(=O)(O)O)c(Br)c2)cc1. The molecular weight excluding hydrogens is 561 g/mol. The highest BCUT2D eigenvalue weighted by molar-refractivity contribution is 9.10. The van der Waals surface area contributed by atoms with Crippen molar-refractivity contribution in [2.75, 3.05) is 11.4 Å². The van der Waals surface area contributed by atoms with Gasteiger partial charge in [0.1, 0.15) is 0 Å². The third-order valence-electron chi connectivity index (χ3n) is 5.89. The molecule has 2 amide bonds. The van der Waals surface area contributed by atoms with Crippen LogP contribution in [0.2, 0.25) is 0 Å². The number of hydrogen-bond donors (Lipinski definition) is 3. The normalized spacial score (nSPS) is 16.5. The minimum atomic E-state index is -5.75. The molecule has 1 aliphatic rings.